The first kappa shape index (κ1) is 13.6. The zero-order valence-corrected chi connectivity index (χ0v) is 12.2. The van der Waals surface area contributed by atoms with Gasteiger partial charge in [-0.3, -0.25) is 9.69 Å². The average Bonchev–Trinajstić information content (AvgIpc) is 2.98. The summed E-state index contributed by atoms with van der Waals surface area (Å²) in [4.78, 5) is 20.7. The molecule has 3 heterocycles. The monoisotopic (exact) mass is 273 g/mol. The van der Waals surface area contributed by atoms with Crippen LogP contribution in [0.25, 0.3) is 0 Å². The predicted octanol–water partition coefficient (Wildman–Crippen LogP) is 2.35. The molecule has 20 heavy (non-hydrogen) atoms. The van der Waals surface area contributed by atoms with E-state index in [0.29, 0.717) is 11.6 Å². The molecule has 2 aliphatic rings. The van der Waals surface area contributed by atoms with Crippen LogP contribution in [0, 0.1) is 0 Å². The van der Waals surface area contributed by atoms with Crippen LogP contribution in [0.4, 0.5) is 5.82 Å². The number of ketones is 1. The van der Waals surface area contributed by atoms with E-state index in [-0.39, 0.29) is 5.78 Å². The number of pyridine rings is 1. The molecule has 0 aliphatic carbocycles. The number of piperidine rings is 1. The molecule has 4 heteroatoms. The Labute approximate surface area is 120 Å². The number of hydrogen-bond donors (Lipinski definition) is 0. The molecule has 2 saturated heterocycles. The van der Waals surface area contributed by atoms with E-state index in [2.05, 4.69) is 14.8 Å². The van der Waals surface area contributed by atoms with E-state index in [1.54, 1.807) is 13.1 Å². The highest BCUT2D eigenvalue weighted by molar-refractivity contribution is 5.93. The molecule has 3 rings (SSSR count). The quantitative estimate of drug-likeness (QED) is 0.792. The van der Waals surface area contributed by atoms with Crippen LogP contribution in [0.3, 0.4) is 0 Å². The normalized spacial score (nSPS) is 24.1. The summed E-state index contributed by atoms with van der Waals surface area (Å²) in [6.07, 6.45) is 7.02. The third-order valence-electron chi connectivity index (χ3n) is 4.55. The molecule has 0 aromatic carbocycles. The Morgan fingerprint density at radius 3 is 2.65 bits per heavy atom. The largest absolute Gasteiger partial charge is 0.355 e. The smallest absolute Gasteiger partial charge is 0.161 e. The van der Waals surface area contributed by atoms with Gasteiger partial charge in [0.25, 0.3) is 0 Å². The molecule has 0 saturated carbocycles. The van der Waals surface area contributed by atoms with Crippen LogP contribution in [0.1, 0.15) is 43.0 Å². The Kier molecular flexibility index (Phi) is 4.01. The number of likely N-dealkylation sites (tertiary alicyclic amines) is 1. The Bertz CT molecular complexity index is 465. The summed E-state index contributed by atoms with van der Waals surface area (Å²) in [5, 5.41) is 0. The van der Waals surface area contributed by atoms with Crippen molar-refractivity contribution in [1.82, 2.24) is 9.88 Å². The Hall–Kier alpha value is -1.42. The average molecular weight is 273 g/mol. The molecule has 0 bridgehead atoms. The van der Waals surface area contributed by atoms with Gasteiger partial charge >= 0.3 is 0 Å². The van der Waals surface area contributed by atoms with Gasteiger partial charge in [0.1, 0.15) is 5.82 Å². The number of carbonyl (C=O) groups excluding carboxylic acids is 1. The van der Waals surface area contributed by atoms with Crippen LogP contribution >= 0.6 is 0 Å². The highest BCUT2D eigenvalue weighted by Crippen LogP contribution is 2.23. The maximum Gasteiger partial charge on any atom is 0.161 e. The number of hydrogen-bond acceptors (Lipinski definition) is 4. The first-order valence-corrected chi connectivity index (χ1v) is 7.70. The number of rotatable bonds is 3. The van der Waals surface area contributed by atoms with Crippen LogP contribution < -0.4 is 4.90 Å². The summed E-state index contributed by atoms with van der Waals surface area (Å²) in [6.45, 7) is 6.25. The van der Waals surface area contributed by atoms with Crippen molar-refractivity contribution in [1.29, 1.82) is 0 Å². The van der Waals surface area contributed by atoms with Crippen molar-refractivity contribution < 1.29 is 4.79 Å². The lowest BCUT2D eigenvalue weighted by Gasteiger charge is -2.32. The van der Waals surface area contributed by atoms with Crippen molar-refractivity contribution in [3.05, 3.63) is 23.9 Å². The molecule has 1 aromatic rings. The fourth-order valence-electron chi connectivity index (χ4n) is 3.31. The van der Waals surface area contributed by atoms with Crippen molar-refractivity contribution in [2.24, 2.45) is 0 Å². The summed E-state index contributed by atoms with van der Waals surface area (Å²) in [5.41, 5.74) is 0.695. The van der Waals surface area contributed by atoms with Gasteiger partial charge in [0.05, 0.1) is 0 Å². The molecule has 2 fully saturated rings. The van der Waals surface area contributed by atoms with E-state index in [1.807, 2.05) is 12.1 Å². The fraction of sp³-hybridized carbons (Fsp3) is 0.625. The van der Waals surface area contributed by atoms with Crippen molar-refractivity contribution in [3.63, 3.8) is 0 Å². The zero-order valence-electron chi connectivity index (χ0n) is 12.2. The summed E-state index contributed by atoms with van der Waals surface area (Å²) < 4.78 is 0. The highest BCUT2D eigenvalue weighted by atomic mass is 16.1. The fourth-order valence-corrected chi connectivity index (χ4v) is 3.31. The summed E-state index contributed by atoms with van der Waals surface area (Å²) >= 11 is 0. The second-order valence-electron chi connectivity index (χ2n) is 5.95. The minimum atomic E-state index is 0.0802. The van der Waals surface area contributed by atoms with E-state index in [0.717, 1.165) is 18.9 Å². The molecule has 1 aromatic heterocycles. The van der Waals surface area contributed by atoms with Crippen molar-refractivity contribution in [3.8, 4) is 0 Å². The number of aromatic nitrogens is 1. The highest BCUT2D eigenvalue weighted by Gasteiger charge is 2.28. The minimum Gasteiger partial charge on any atom is -0.355 e. The molecule has 2 aliphatic heterocycles. The summed E-state index contributed by atoms with van der Waals surface area (Å²) in [6, 6.07) is 4.55. The number of carbonyl (C=O) groups is 1. The van der Waals surface area contributed by atoms with Gasteiger partial charge < -0.3 is 4.90 Å². The van der Waals surface area contributed by atoms with E-state index in [1.165, 1.54) is 38.8 Å². The predicted molar refractivity (Wildman–Crippen MR) is 80.3 cm³/mol. The van der Waals surface area contributed by atoms with E-state index in [4.69, 9.17) is 0 Å². The van der Waals surface area contributed by atoms with Gasteiger partial charge in [-0.15, -0.1) is 0 Å². The SMILES string of the molecule is CC(=O)c1ccc(N2CCC(N3CCCCC3)C2)nc1. The van der Waals surface area contributed by atoms with Gasteiger partial charge in [0, 0.05) is 30.9 Å². The molecule has 1 unspecified atom stereocenters. The topological polar surface area (TPSA) is 36.4 Å². The maximum absolute atomic E-state index is 11.3. The van der Waals surface area contributed by atoms with Gasteiger partial charge in [0.15, 0.2) is 5.78 Å². The van der Waals surface area contributed by atoms with E-state index in [9.17, 15) is 4.79 Å². The Morgan fingerprint density at radius 1 is 1.20 bits per heavy atom. The molecule has 0 radical (unpaired) electrons. The third kappa shape index (κ3) is 2.85. The van der Waals surface area contributed by atoms with E-state index >= 15 is 0 Å². The van der Waals surface area contributed by atoms with Crippen molar-refractivity contribution in [2.45, 2.75) is 38.6 Å². The van der Waals surface area contributed by atoms with Gasteiger partial charge in [-0.25, -0.2) is 4.98 Å². The van der Waals surface area contributed by atoms with Gasteiger partial charge in [-0.05, 0) is 51.4 Å². The van der Waals surface area contributed by atoms with Crippen molar-refractivity contribution >= 4 is 11.6 Å². The molecule has 108 valence electrons. The Balaban J connectivity index is 1.62. The molecule has 1 atom stereocenters. The lowest BCUT2D eigenvalue weighted by atomic mass is 10.1. The molecule has 0 N–H and O–H groups in total. The molecule has 4 nitrogen and oxygen atoms in total. The second kappa shape index (κ2) is 5.92. The number of anilines is 1. The van der Waals surface area contributed by atoms with Crippen LogP contribution in [-0.2, 0) is 0 Å². The first-order valence-electron chi connectivity index (χ1n) is 7.70. The second-order valence-corrected chi connectivity index (χ2v) is 5.95. The standard InChI is InChI=1S/C16H23N3O/c1-13(20)14-5-6-16(17-11-14)19-10-7-15(12-19)18-8-3-2-4-9-18/h5-6,11,15H,2-4,7-10,12H2,1H3. The molecular weight excluding hydrogens is 250 g/mol. The summed E-state index contributed by atoms with van der Waals surface area (Å²) in [7, 11) is 0. The first-order chi connectivity index (χ1) is 9.74. The number of Topliss-reactive ketones (excluding diaryl/α,β-unsaturated/α-hetero) is 1. The van der Waals surface area contributed by atoms with Crippen LogP contribution in [-0.4, -0.2) is 47.9 Å². The molecule has 0 amide bonds. The van der Waals surface area contributed by atoms with Gasteiger partial charge in [-0.2, -0.15) is 0 Å². The molecule has 0 spiro atoms. The van der Waals surface area contributed by atoms with Crippen LogP contribution in [0.15, 0.2) is 18.3 Å². The van der Waals surface area contributed by atoms with Crippen LogP contribution in [0.5, 0.6) is 0 Å². The summed E-state index contributed by atoms with van der Waals surface area (Å²) in [5.74, 6) is 1.09. The van der Waals surface area contributed by atoms with Gasteiger partial charge in [-0.1, -0.05) is 6.42 Å². The van der Waals surface area contributed by atoms with Crippen molar-refractivity contribution in [2.75, 3.05) is 31.1 Å². The Morgan fingerprint density at radius 2 is 2.00 bits per heavy atom. The minimum absolute atomic E-state index is 0.0802. The molecular formula is C16H23N3O. The van der Waals surface area contributed by atoms with Gasteiger partial charge in [0.2, 0.25) is 0 Å². The van der Waals surface area contributed by atoms with E-state index < -0.39 is 0 Å². The zero-order chi connectivity index (χ0) is 13.9. The van der Waals surface area contributed by atoms with Crippen LogP contribution in [0.2, 0.25) is 0 Å². The maximum atomic E-state index is 11.3. The lowest BCUT2D eigenvalue weighted by molar-refractivity contribution is 0.101. The lowest BCUT2D eigenvalue weighted by Crippen LogP contribution is -2.40. The number of nitrogens with zero attached hydrogens (tertiary/aromatic N) is 3. The third-order valence-corrected chi connectivity index (χ3v) is 4.55.